The minimum Gasteiger partial charge on any atom is -0.310 e. The Morgan fingerprint density at radius 2 is 2.05 bits per heavy atom. The van der Waals surface area contributed by atoms with Crippen molar-refractivity contribution in [2.24, 2.45) is 7.05 Å². The minimum atomic E-state index is 0.392. The molecule has 2 rings (SSSR count). The molecule has 0 amide bonds. The van der Waals surface area contributed by atoms with Crippen LogP contribution in [0.2, 0.25) is 5.02 Å². The molecule has 0 bridgehead atoms. The van der Waals surface area contributed by atoms with Gasteiger partial charge in [-0.2, -0.15) is 5.10 Å². The van der Waals surface area contributed by atoms with Crippen LogP contribution in [0.1, 0.15) is 43.5 Å². The second-order valence-electron chi connectivity index (χ2n) is 5.98. The maximum atomic E-state index is 6.03. The highest BCUT2D eigenvalue weighted by Crippen LogP contribution is 2.17. The molecular formula is C17H24ClN3. The van der Waals surface area contributed by atoms with E-state index in [0.29, 0.717) is 12.0 Å². The lowest BCUT2D eigenvalue weighted by Gasteiger charge is -2.14. The van der Waals surface area contributed by atoms with Crippen molar-refractivity contribution >= 4 is 11.6 Å². The van der Waals surface area contributed by atoms with Crippen molar-refractivity contribution in [1.29, 1.82) is 0 Å². The van der Waals surface area contributed by atoms with Gasteiger partial charge in [0.05, 0.1) is 5.69 Å². The molecule has 21 heavy (non-hydrogen) atoms. The van der Waals surface area contributed by atoms with Crippen LogP contribution < -0.4 is 5.32 Å². The Kier molecular flexibility index (Phi) is 5.43. The van der Waals surface area contributed by atoms with E-state index in [1.807, 2.05) is 29.9 Å². The molecule has 1 atom stereocenters. The zero-order valence-corrected chi connectivity index (χ0v) is 14.0. The van der Waals surface area contributed by atoms with Gasteiger partial charge in [0.2, 0.25) is 0 Å². The third-order valence-corrected chi connectivity index (χ3v) is 3.79. The summed E-state index contributed by atoms with van der Waals surface area (Å²) in [6.45, 7) is 7.41. The molecule has 1 heterocycles. The van der Waals surface area contributed by atoms with Gasteiger partial charge in [0.25, 0.3) is 0 Å². The number of hydrogen-bond acceptors (Lipinski definition) is 2. The third-order valence-electron chi connectivity index (χ3n) is 3.56. The summed E-state index contributed by atoms with van der Waals surface area (Å²) in [6.07, 6.45) is 3.08. The number of hydrogen-bond donors (Lipinski definition) is 1. The van der Waals surface area contributed by atoms with E-state index in [-0.39, 0.29) is 0 Å². The van der Waals surface area contributed by atoms with E-state index in [4.69, 9.17) is 11.6 Å². The Labute approximate surface area is 132 Å². The molecule has 1 aromatic heterocycles. The fraction of sp³-hybridized carbons (Fsp3) is 0.471. The summed E-state index contributed by atoms with van der Waals surface area (Å²) in [6, 6.07) is 8.45. The highest BCUT2D eigenvalue weighted by molar-refractivity contribution is 6.30. The van der Waals surface area contributed by atoms with E-state index in [1.54, 1.807) is 0 Å². The number of aromatic nitrogens is 2. The first-order valence-electron chi connectivity index (χ1n) is 7.46. The Morgan fingerprint density at radius 3 is 2.71 bits per heavy atom. The lowest BCUT2D eigenvalue weighted by Crippen LogP contribution is -2.27. The molecule has 0 saturated heterocycles. The second kappa shape index (κ2) is 7.10. The van der Waals surface area contributed by atoms with Crippen LogP contribution >= 0.6 is 11.6 Å². The van der Waals surface area contributed by atoms with Gasteiger partial charge >= 0.3 is 0 Å². The summed E-state index contributed by atoms with van der Waals surface area (Å²) < 4.78 is 1.90. The highest BCUT2D eigenvalue weighted by Gasteiger charge is 2.12. The average molecular weight is 306 g/mol. The van der Waals surface area contributed by atoms with Gasteiger partial charge in [-0.25, -0.2) is 0 Å². The molecule has 0 aliphatic heterocycles. The van der Waals surface area contributed by atoms with E-state index in [1.165, 1.54) is 16.8 Å². The van der Waals surface area contributed by atoms with Crippen molar-refractivity contribution in [3.8, 4) is 0 Å². The van der Waals surface area contributed by atoms with Gasteiger partial charge in [-0.15, -0.1) is 0 Å². The fourth-order valence-electron chi connectivity index (χ4n) is 2.55. The monoisotopic (exact) mass is 305 g/mol. The molecule has 0 fully saturated rings. The first-order valence-corrected chi connectivity index (χ1v) is 7.83. The first kappa shape index (κ1) is 16.1. The number of nitrogens with zero attached hydrogens (tertiary/aromatic N) is 2. The molecule has 1 unspecified atom stereocenters. The van der Waals surface area contributed by atoms with Crippen LogP contribution in [-0.2, 0) is 20.0 Å². The number of nitrogens with one attached hydrogen (secondary N) is 1. The zero-order chi connectivity index (χ0) is 15.4. The molecule has 1 N–H and O–H groups in total. The van der Waals surface area contributed by atoms with Crippen molar-refractivity contribution in [2.75, 3.05) is 0 Å². The van der Waals surface area contributed by atoms with Gasteiger partial charge < -0.3 is 5.32 Å². The number of halogens is 1. The first-order chi connectivity index (χ1) is 9.95. The van der Waals surface area contributed by atoms with E-state index in [0.717, 1.165) is 18.0 Å². The van der Waals surface area contributed by atoms with Crippen LogP contribution in [0, 0.1) is 0 Å². The van der Waals surface area contributed by atoms with E-state index in [2.05, 4.69) is 43.4 Å². The fourth-order valence-corrected chi connectivity index (χ4v) is 2.76. The number of rotatable bonds is 6. The molecule has 3 nitrogen and oxygen atoms in total. The molecular weight excluding hydrogens is 282 g/mol. The summed E-state index contributed by atoms with van der Waals surface area (Å²) >= 11 is 6.03. The van der Waals surface area contributed by atoms with Gasteiger partial charge in [0.15, 0.2) is 0 Å². The number of aryl methyl sites for hydroxylation is 1. The Hall–Kier alpha value is -1.32. The van der Waals surface area contributed by atoms with Crippen molar-refractivity contribution in [3.05, 3.63) is 52.3 Å². The molecule has 114 valence electrons. The predicted molar refractivity (Wildman–Crippen MR) is 88.8 cm³/mol. The SMILES string of the molecule is CC(Cc1cccc(Cl)c1)NCc1cn(C)nc1C(C)C. The van der Waals surface area contributed by atoms with Gasteiger partial charge in [0, 0.05) is 36.4 Å². The summed E-state index contributed by atoms with van der Waals surface area (Å²) in [5.74, 6) is 0.450. The maximum absolute atomic E-state index is 6.03. The number of benzene rings is 1. The summed E-state index contributed by atoms with van der Waals surface area (Å²) in [7, 11) is 1.98. The second-order valence-corrected chi connectivity index (χ2v) is 6.42. The summed E-state index contributed by atoms with van der Waals surface area (Å²) in [5, 5.41) is 8.92. The maximum Gasteiger partial charge on any atom is 0.0694 e. The van der Waals surface area contributed by atoms with Crippen molar-refractivity contribution in [3.63, 3.8) is 0 Å². The normalized spacial score (nSPS) is 12.9. The van der Waals surface area contributed by atoms with Gasteiger partial charge in [-0.05, 0) is 37.0 Å². The van der Waals surface area contributed by atoms with Gasteiger partial charge in [-0.1, -0.05) is 37.6 Å². The summed E-state index contributed by atoms with van der Waals surface area (Å²) in [5.41, 5.74) is 3.73. The predicted octanol–water partition coefficient (Wildman–Crippen LogP) is 3.92. The van der Waals surface area contributed by atoms with Crippen LogP contribution in [-0.4, -0.2) is 15.8 Å². The largest absolute Gasteiger partial charge is 0.310 e. The molecule has 0 spiro atoms. The standard InChI is InChI=1S/C17H24ClN3/c1-12(2)17-15(11-21(4)20-17)10-19-13(3)8-14-6-5-7-16(18)9-14/h5-7,9,11-13,19H,8,10H2,1-4H3. The Morgan fingerprint density at radius 1 is 1.29 bits per heavy atom. The Balaban J connectivity index is 1.93. The van der Waals surface area contributed by atoms with E-state index >= 15 is 0 Å². The molecule has 0 aliphatic rings. The topological polar surface area (TPSA) is 29.9 Å². The highest BCUT2D eigenvalue weighted by atomic mass is 35.5. The minimum absolute atomic E-state index is 0.392. The molecule has 1 aromatic carbocycles. The van der Waals surface area contributed by atoms with Crippen LogP contribution in [0.5, 0.6) is 0 Å². The molecule has 0 saturated carbocycles. The van der Waals surface area contributed by atoms with Crippen LogP contribution in [0.25, 0.3) is 0 Å². The molecule has 0 aliphatic carbocycles. The van der Waals surface area contributed by atoms with Gasteiger partial charge in [0.1, 0.15) is 0 Å². The lowest BCUT2D eigenvalue weighted by molar-refractivity contribution is 0.542. The third kappa shape index (κ3) is 4.58. The van der Waals surface area contributed by atoms with Gasteiger partial charge in [-0.3, -0.25) is 4.68 Å². The summed E-state index contributed by atoms with van der Waals surface area (Å²) in [4.78, 5) is 0. The molecule has 2 aromatic rings. The van der Waals surface area contributed by atoms with Crippen LogP contribution in [0.3, 0.4) is 0 Å². The average Bonchev–Trinajstić information content (AvgIpc) is 2.78. The zero-order valence-electron chi connectivity index (χ0n) is 13.2. The Bertz CT molecular complexity index is 589. The van der Waals surface area contributed by atoms with E-state index in [9.17, 15) is 0 Å². The van der Waals surface area contributed by atoms with Crippen molar-refractivity contribution < 1.29 is 0 Å². The van der Waals surface area contributed by atoms with Crippen molar-refractivity contribution in [2.45, 2.75) is 45.7 Å². The van der Waals surface area contributed by atoms with Crippen LogP contribution in [0.4, 0.5) is 0 Å². The van der Waals surface area contributed by atoms with Crippen LogP contribution in [0.15, 0.2) is 30.5 Å². The molecule has 4 heteroatoms. The lowest BCUT2D eigenvalue weighted by atomic mass is 10.0. The smallest absolute Gasteiger partial charge is 0.0694 e. The molecule has 0 radical (unpaired) electrons. The van der Waals surface area contributed by atoms with E-state index < -0.39 is 0 Å². The van der Waals surface area contributed by atoms with Crippen molar-refractivity contribution in [1.82, 2.24) is 15.1 Å². The quantitative estimate of drug-likeness (QED) is 0.876.